The Labute approximate surface area is 163 Å². The Bertz CT molecular complexity index is 1060. The van der Waals surface area contributed by atoms with Gasteiger partial charge in [0.2, 0.25) is 5.91 Å². The number of nitrogens with one attached hydrogen (secondary N) is 1. The third-order valence-corrected chi connectivity index (χ3v) is 5.32. The number of carbonyl (C=O) groups is 1. The molecule has 1 amide bonds. The predicted molar refractivity (Wildman–Crippen MR) is 106 cm³/mol. The molecule has 3 rings (SSSR count). The summed E-state index contributed by atoms with van der Waals surface area (Å²) in [6, 6.07) is 14.7. The van der Waals surface area contributed by atoms with Crippen LogP contribution in [-0.2, 0) is 34.1 Å². The third kappa shape index (κ3) is 5.30. The average Bonchev–Trinajstić information content (AvgIpc) is 2.96. The number of fused-ring (bicyclic) bond motifs is 1. The molecule has 0 unspecified atom stereocenters. The fourth-order valence-electron chi connectivity index (χ4n) is 2.78. The molecule has 0 atom stereocenters. The second-order valence-electron chi connectivity index (χ2n) is 6.38. The normalized spacial score (nSPS) is 11.6. The minimum Gasteiger partial charge on any atom is -0.352 e. The highest BCUT2D eigenvalue weighted by atomic mass is 35.5. The summed E-state index contributed by atoms with van der Waals surface area (Å²) < 4.78 is 24.9. The van der Waals surface area contributed by atoms with E-state index in [1.54, 1.807) is 16.7 Å². The number of aromatic nitrogens is 2. The van der Waals surface area contributed by atoms with Crippen molar-refractivity contribution in [3.8, 4) is 0 Å². The Kier molecular flexibility index (Phi) is 5.82. The van der Waals surface area contributed by atoms with Gasteiger partial charge in [0.25, 0.3) is 0 Å². The first-order valence-electron chi connectivity index (χ1n) is 8.45. The van der Waals surface area contributed by atoms with Gasteiger partial charge >= 0.3 is 0 Å². The number of halogens is 1. The van der Waals surface area contributed by atoms with E-state index in [0.717, 1.165) is 16.6 Å². The van der Waals surface area contributed by atoms with Crippen molar-refractivity contribution in [1.82, 2.24) is 14.9 Å². The van der Waals surface area contributed by atoms with Gasteiger partial charge in [-0.2, -0.15) is 0 Å². The topological polar surface area (TPSA) is 81.1 Å². The van der Waals surface area contributed by atoms with Gasteiger partial charge in [-0.3, -0.25) is 4.79 Å². The van der Waals surface area contributed by atoms with Gasteiger partial charge in [-0.1, -0.05) is 35.9 Å². The maximum absolute atomic E-state index is 12.4. The smallest absolute Gasteiger partial charge is 0.227 e. The molecule has 1 N–H and O–H groups in total. The van der Waals surface area contributed by atoms with E-state index >= 15 is 0 Å². The number of benzene rings is 2. The molecule has 8 heteroatoms. The molecule has 6 nitrogen and oxygen atoms in total. The molecular formula is C19H20ClN3O3S. The van der Waals surface area contributed by atoms with E-state index in [1.807, 2.05) is 36.4 Å². The van der Waals surface area contributed by atoms with Gasteiger partial charge in [-0.15, -0.1) is 0 Å². The Morgan fingerprint density at radius 1 is 1.15 bits per heavy atom. The van der Waals surface area contributed by atoms with Crippen LogP contribution in [0.25, 0.3) is 11.0 Å². The Balaban J connectivity index is 1.74. The van der Waals surface area contributed by atoms with Crippen molar-refractivity contribution in [3.63, 3.8) is 0 Å². The van der Waals surface area contributed by atoms with Gasteiger partial charge in [0.05, 0.1) is 23.2 Å². The van der Waals surface area contributed by atoms with Crippen molar-refractivity contribution in [2.45, 2.75) is 19.5 Å². The van der Waals surface area contributed by atoms with Crippen LogP contribution in [0.15, 0.2) is 48.5 Å². The number of sulfone groups is 1. The van der Waals surface area contributed by atoms with Gasteiger partial charge in [0.1, 0.15) is 15.7 Å². The molecule has 0 aliphatic heterocycles. The van der Waals surface area contributed by atoms with Crippen LogP contribution in [0.4, 0.5) is 0 Å². The summed E-state index contributed by atoms with van der Waals surface area (Å²) in [6.45, 7) is 0.652. The van der Waals surface area contributed by atoms with Gasteiger partial charge < -0.3 is 9.88 Å². The van der Waals surface area contributed by atoms with Crippen LogP contribution in [-0.4, -0.2) is 35.9 Å². The van der Waals surface area contributed by atoms with E-state index in [-0.39, 0.29) is 24.6 Å². The molecule has 27 heavy (non-hydrogen) atoms. The lowest BCUT2D eigenvalue weighted by atomic mass is 10.2. The maximum Gasteiger partial charge on any atom is 0.227 e. The van der Waals surface area contributed by atoms with E-state index in [1.165, 1.54) is 6.26 Å². The number of imidazole rings is 1. The van der Waals surface area contributed by atoms with Crippen LogP contribution in [0.2, 0.25) is 5.02 Å². The van der Waals surface area contributed by atoms with Crippen LogP contribution in [0.5, 0.6) is 0 Å². The molecule has 0 bridgehead atoms. The number of para-hydroxylation sites is 2. The molecule has 2 aromatic carbocycles. The minimum absolute atomic E-state index is 0.00719. The number of aryl methyl sites for hydroxylation is 1. The summed E-state index contributed by atoms with van der Waals surface area (Å²) >= 11 is 5.86. The first-order chi connectivity index (χ1) is 12.8. The monoisotopic (exact) mass is 405 g/mol. The van der Waals surface area contributed by atoms with Crippen molar-refractivity contribution in [2.75, 3.05) is 12.0 Å². The van der Waals surface area contributed by atoms with Crippen LogP contribution >= 0.6 is 11.6 Å². The summed E-state index contributed by atoms with van der Waals surface area (Å²) in [4.78, 5) is 16.9. The van der Waals surface area contributed by atoms with E-state index < -0.39 is 9.84 Å². The Morgan fingerprint density at radius 3 is 2.56 bits per heavy atom. The van der Waals surface area contributed by atoms with Crippen molar-refractivity contribution in [2.24, 2.45) is 0 Å². The number of carbonyl (C=O) groups excluding carboxylic acids is 1. The highest BCUT2D eigenvalue weighted by Crippen LogP contribution is 2.17. The lowest BCUT2D eigenvalue weighted by molar-refractivity contribution is -0.120. The van der Waals surface area contributed by atoms with Crippen LogP contribution in [0, 0.1) is 0 Å². The van der Waals surface area contributed by atoms with Crippen molar-refractivity contribution < 1.29 is 13.2 Å². The quantitative estimate of drug-likeness (QED) is 0.655. The number of nitrogens with zero attached hydrogens (tertiary/aromatic N) is 2. The molecule has 0 saturated carbocycles. The zero-order valence-corrected chi connectivity index (χ0v) is 16.4. The number of rotatable bonds is 7. The second kappa shape index (κ2) is 8.10. The predicted octanol–water partition coefficient (Wildman–Crippen LogP) is 2.59. The van der Waals surface area contributed by atoms with Gasteiger partial charge in [0, 0.05) is 24.4 Å². The molecule has 0 aliphatic carbocycles. The number of hydrogen-bond acceptors (Lipinski definition) is 4. The van der Waals surface area contributed by atoms with Crippen LogP contribution < -0.4 is 5.32 Å². The summed E-state index contributed by atoms with van der Waals surface area (Å²) in [5.74, 6) is 0.363. The fourth-order valence-corrected chi connectivity index (χ4v) is 3.42. The van der Waals surface area contributed by atoms with Crippen LogP contribution in [0.1, 0.15) is 11.4 Å². The summed E-state index contributed by atoms with van der Waals surface area (Å²) in [5.41, 5.74) is 2.51. The largest absolute Gasteiger partial charge is 0.352 e. The molecule has 1 aromatic heterocycles. The minimum atomic E-state index is -3.12. The van der Waals surface area contributed by atoms with E-state index in [0.29, 0.717) is 17.4 Å². The summed E-state index contributed by atoms with van der Waals surface area (Å²) in [6.07, 6.45) is 1.27. The first-order valence-corrected chi connectivity index (χ1v) is 10.9. The summed E-state index contributed by atoms with van der Waals surface area (Å²) in [7, 11) is -3.12. The molecule has 0 spiro atoms. The highest BCUT2D eigenvalue weighted by Gasteiger charge is 2.15. The van der Waals surface area contributed by atoms with E-state index in [4.69, 9.17) is 11.6 Å². The standard InChI is InChI=1S/C19H20ClN3O3S/c1-27(25,26)11-10-23-17-5-3-2-4-16(17)22-18(23)12-19(24)21-13-14-6-8-15(20)9-7-14/h2-9H,10-13H2,1H3,(H,21,24). The fraction of sp³-hybridized carbons (Fsp3) is 0.263. The number of hydrogen-bond donors (Lipinski definition) is 1. The molecular weight excluding hydrogens is 386 g/mol. The zero-order chi connectivity index (χ0) is 19.4. The lowest BCUT2D eigenvalue weighted by Crippen LogP contribution is -2.26. The van der Waals surface area contributed by atoms with Gasteiger partial charge in [-0.05, 0) is 29.8 Å². The molecule has 3 aromatic rings. The summed E-state index contributed by atoms with van der Waals surface area (Å²) in [5, 5.41) is 3.50. The maximum atomic E-state index is 12.4. The van der Waals surface area contributed by atoms with E-state index in [9.17, 15) is 13.2 Å². The molecule has 0 radical (unpaired) electrons. The zero-order valence-electron chi connectivity index (χ0n) is 14.9. The molecule has 0 aliphatic rings. The van der Waals surface area contributed by atoms with Crippen LogP contribution in [0.3, 0.4) is 0 Å². The number of amides is 1. The van der Waals surface area contributed by atoms with E-state index in [2.05, 4.69) is 10.3 Å². The second-order valence-corrected chi connectivity index (χ2v) is 9.07. The Morgan fingerprint density at radius 2 is 1.85 bits per heavy atom. The average molecular weight is 406 g/mol. The van der Waals surface area contributed by atoms with Gasteiger partial charge in [-0.25, -0.2) is 13.4 Å². The molecule has 0 fully saturated rings. The molecule has 0 saturated heterocycles. The third-order valence-electron chi connectivity index (χ3n) is 4.14. The molecule has 142 valence electrons. The SMILES string of the molecule is CS(=O)(=O)CCn1c(CC(=O)NCc2ccc(Cl)cc2)nc2ccccc21. The molecule has 1 heterocycles. The Hall–Kier alpha value is -2.38. The van der Waals surface area contributed by atoms with Crippen molar-refractivity contribution in [3.05, 3.63) is 64.9 Å². The highest BCUT2D eigenvalue weighted by molar-refractivity contribution is 7.90. The van der Waals surface area contributed by atoms with Gasteiger partial charge in [0.15, 0.2) is 0 Å². The lowest BCUT2D eigenvalue weighted by Gasteiger charge is -2.09. The first kappa shape index (κ1) is 19.4. The van der Waals surface area contributed by atoms with Crippen molar-refractivity contribution >= 4 is 38.4 Å². The van der Waals surface area contributed by atoms with Crippen molar-refractivity contribution in [1.29, 1.82) is 0 Å².